The minimum absolute atomic E-state index is 0.100. The van der Waals surface area contributed by atoms with Gasteiger partial charge in [-0.3, -0.25) is 14.5 Å². The third-order valence-electron chi connectivity index (χ3n) is 3.22. The Hall–Kier alpha value is -0.900. The molecule has 0 heterocycles. The first-order valence-corrected chi connectivity index (χ1v) is 5.57. The zero-order valence-corrected chi connectivity index (χ0v) is 9.53. The Morgan fingerprint density at radius 3 is 2.33 bits per heavy atom. The van der Waals surface area contributed by atoms with Gasteiger partial charge in [0, 0.05) is 6.04 Å². The van der Waals surface area contributed by atoms with Gasteiger partial charge in [0.25, 0.3) is 0 Å². The fourth-order valence-electron chi connectivity index (χ4n) is 2.23. The minimum atomic E-state index is -0.352. The van der Waals surface area contributed by atoms with E-state index in [0.717, 1.165) is 12.8 Å². The fourth-order valence-corrected chi connectivity index (χ4v) is 2.23. The zero-order chi connectivity index (χ0) is 11.4. The summed E-state index contributed by atoms with van der Waals surface area (Å²) in [5, 5.41) is 0. The predicted molar refractivity (Wildman–Crippen MR) is 58.3 cm³/mol. The van der Waals surface area contributed by atoms with Gasteiger partial charge in [-0.25, -0.2) is 0 Å². The maximum Gasteiger partial charge on any atom is 0.231 e. The van der Waals surface area contributed by atoms with E-state index in [-0.39, 0.29) is 24.3 Å². The Bertz CT molecular complexity index is 247. The Morgan fingerprint density at radius 2 is 1.93 bits per heavy atom. The number of nitrogens with two attached hydrogens (primary N) is 1. The van der Waals surface area contributed by atoms with Crippen LogP contribution < -0.4 is 5.73 Å². The topological polar surface area (TPSA) is 63.4 Å². The number of rotatable bonds is 5. The number of hydrogen-bond acceptors (Lipinski definition) is 3. The van der Waals surface area contributed by atoms with Gasteiger partial charge in [0.15, 0.2) is 0 Å². The van der Waals surface area contributed by atoms with Gasteiger partial charge >= 0.3 is 0 Å². The SMILES string of the molecule is CC(=O)C(C)N(CC(N)=O)C1CCCC1. The van der Waals surface area contributed by atoms with E-state index in [1.54, 1.807) is 6.92 Å². The first-order chi connectivity index (χ1) is 7.02. The molecule has 4 heteroatoms. The summed E-state index contributed by atoms with van der Waals surface area (Å²) in [6.07, 6.45) is 4.52. The molecule has 1 unspecified atom stereocenters. The maximum absolute atomic E-state index is 11.3. The van der Waals surface area contributed by atoms with Crippen LogP contribution in [-0.4, -0.2) is 35.2 Å². The van der Waals surface area contributed by atoms with Crippen LogP contribution in [0, 0.1) is 0 Å². The monoisotopic (exact) mass is 212 g/mol. The summed E-state index contributed by atoms with van der Waals surface area (Å²) >= 11 is 0. The third kappa shape index (κ3) is 3.30. The highest BCUT2D eigenvalue weighted by atomic mass is 16.1. The van der Waals surface area contributed by atoms with E-state index in [9.17, 15) is 9.59 Å². The molecular weight excluding hydrogens is 192 g/mol. The van der Waals surface area contributed by atoms with Crippen LogP contribution in [0.25, 0.3) is 0 Å². The molecule has 86 valence electrons. The van der Waals surface area contributed by atoms with Gasteiger partial charge in [0.05, 0.1) is 12.6 Å². The van der Waals surface area contributed by atoms with Gasteiger partial charge in [-0.1, -0.05) is 12.8 Å². The first-order valence-electron chi connectivity index (χ1n) is 5.57. The van der Waals surface area contributed by atoms with Crippen molar-refractivity contribution in [1.82, 2.24) is 4.90 Å². The minimum Gasteiger partial charge on any atom is -0.369 e. The molecule has 0 aromatic carbocycles. The molecule has 0 aromatic rings. The Balaban J connectivity index is 2.67. The number of Topliss-reactive ketones (excluding diaryl/α,β-unsaturated/α-hetero) is 1. The van der Waals surface area contributed by atoms with E-state index in [2.05, 4.69) is 0 Å². The lowest BCUT2D eigenvalue weighted by Crippen LogP contribution is -2.48. The van der Waals surface area contributed by atoms with Crippen molar-refractivity contribution in [3.8, 4) is 0 Å². The molecule has 0 aliphatic heterocycles. The van der Waals surface area contributed by atoms with Crippen LogP contribution in [0.1, 0.15) is 39.5 Å². The van der Waals surface area contributed by atoms with Crippen LogP contribution in [-0.2, 0) is 9.59 Å². The van der Waals surface area contributed by atoms with Crippen LogP contribution in [0.2, 0.25) is 0 Å². The Kier molecular flexibility index (Phi) is 4.27. The van der Waals surface area contributed by atoms with Crippen molar-refractivity contribution in [1.29, 1.82) is 0 Å². The Morgan fingerprint density at radius 1 is 1.40 bits per heavy atom. The molecule has 4 nitrogen and oxygen atoms in total. The number of primary amides is 1. The summed E-state index contributed by atoms with van der Waals surface area (Å²) < 4.78 is 0. The molecule has 0 aromatic heterocycles. The van der Waals surface area contributed by atoms with Crippen molar-refractivity contribution in [3.05, 3.63) is 0 Å². The van der Waals surface area contributed by atoms with Gasteiger partial charge in [0.2, 0.25) is 5.91 Å². The maximum atomic E-state index is 11.3. The van der Waals surface area contributed by atoms with E-state index in [1.165, 1.54) is 12.8 Å². The highest BCUT2D eigenvalue weighted by Crippen LogP contribution is 2.24. The third-order valence-corrected chi connectivity index (χ3v) is 3.22. The standard InChI is InChI=1S/C11H20N2O2/c1-8(9(2)14)13(7-11(12)15)10-5-3-4-6-10/h8,10H,3-7H2,1-2H3,(H2,12,15). The van der Waals surface area contributed by atoms with Gasteiger partial charge in [-0.2, -0.15) is 0 Å². The predicted octanol–water partition coefficient (Wildman–Crippen LogP) is 0.694. The van der Waals surface area contributed by atoms with Gasteiger partial charge < -0.3 is 5.73 Å². The second-order valence-electron chi connectivity index (χ2n) is 4.36. The molecule has 15 heavy (non-hydrogen) atoms. The number of hydrogen-bond donors (Lipinski definition) is 1. The molecule has 0 radical (unpaired) electrons. The molecule has 1 amide bonds. The number of carbonyl (C=O) groups is 2. The molecule has 1 atom stereocenters. The first kappa shape index (κ1) is 12.2. The van der Waals surface area contributed by atoms with Crippen molar-refractivity contribution in [3.63, 3.8) is 0 Å². The quantitative estimate of drug-likeness (QED) is 0.729. The van der Waals surface area contributed by atoms with E-state index in [1.807, 2.05) is 11.8 Å². The largest absolute Gasteiger partial charge is 0.369 e. The molecule has 0 spiro atoms. The fraction of sp³-hybridized carbons (Fsp3) is 0.818. The molecule has 1 fully saturated rings. The van der Waals surface area contributed by atoms with Gasteiger partial charge in [-0.15, -0.1) is 0 Å². The average molecular weight is 212 g/mol. The van der Waals surface area contributed by atoms with Crippen LogP contribution in [0.15, 0.2) is 0 Å². The normalized spacial score (nSPS) is 19.4. The zero-order valence-electron chi connectivity index (χ0n) is 9.53. The number of carbonyl (C=O) groups excluding carboxylic acids is 2. The van der Waals surface area contributed by atoms with Gasteiger partial charge in [0.1, 0.15) is 5.78 Å². The van der Waals surface area contributed by atoms with Crippen molar-refractivity contribution in [2.24, 2.45) is 5.73 Å². The van der Waals surface area contributed by atoms with E-state index < -0.39 is 0 Å². The molecule has 0 saturated heterocycles. The van der Waals surface area contributed by atoms with E-state index >= 15 is 0 Å². The number of ketones is 1. The Labute approximate surface area is 90.8 Å². The molecule has 2 N–H and O–H groups in total. The number of amides is 1. The summed E-state index contributed by atoms with van der Waals surface area (Å²) in [5.74, 6) is -0.252. The molecule has 0 bridgehead atoms. The van der Waals surface area contributed by atoms with Crippen molar-refractivity contribution >= 4 is 11.7 Å². The highest BCUT2D eigenvalue weighted by Gasteiger charge is 2.29. The van der Waals surface area contributed by atoms with Crippen LogP contribution in [0.5, 0.6) is 0 Å². The molecule has 1 aliphatic carbocycles. The van der Waals surface area contributed by atoms with Crippen molar-refractivity contribution < 1.29 is 9.59 Å². The second-order valence-corrected chi connectivity index (χ2v) is 4.36. The molecular formula is C11H20N2O2. The lowest BCUT2D eigenvalue weighted by atomic mass is 10.1. The average Bonchev–Trinajstić information content (AvgIpc) is 2.65. The second kappa shape index (κ2) is 5.26. The molecule has 1 rings (SSSR count). The lowest BCUT2D eigenvalue weighted by molar-refractivity contribution is -0.125. The van der Waals surface area contributed by atoms with Gasteiger partial charge in [-0.05, 0) is 26.7 Å². The molecule has 1 aliphatic rings. The summed E-state index contributed by atoms with van der Waals surface area (Å²) in [6.45, 7) is 3.61. The van der Waals surface area contributed by atoms with Crippen molar-refractivity contribution in [2.75, 3.05) is 6.54 Å². The van der Waals surface area contributed by atoms with Crippen LogP contribution >= 0.6 is 0 Å². The molecule has 1 saturated carbocycles. The summed E-state index contributed by atoms with van der Waals surface area (Å²) in [4.78, 5) is 24.2. The van der Waals surface area contributed by atoms with E-state index in [0.29, 0.717) is 6.04 Å². The lowest BCUT2D eigenvalue weighted by Gasteiger charge is -2.31. The number of nitrogens with zero attached hydrogens (tertiary/aromatic N) is 1. The van der Waals surface area contributed by atoms with Crippen LogP contribution in [0.3, 0.4) is 0 Å². The highest BCUT2D eigenvalue weighted by molar-refractivity contribution is 5.82. The van der Waals surface area contributed by atoms with Crippen molar-refractivity contribution in [2.45, 2.75) is 51.6 Å². The summed E-state index contributed by atoms with van der Waals surface area (Å²) in [5.41, 5.74) is 5.21. The van der Waals surface area contributed by atoms with Crippen LogP contribution in [0.4, 0.5) is 0 Å². The smallest absolute Gasteiger partial charge is 0.231 e. The van der Waals surface area contributed by atoms with E-state index in [4.69, 9.17) is 5.73 Å². The summed E-state index contributed by atoms with van der Waals surface area (Å²) in [7, 11) is 0. The summed E-state index contributed by atoms with van der Waals surface area (Å²) in [6, 6.07) is 0.164.